The first-order valence-corrected chi connectivity index (χ1v) is 9.36. The molecule has 27 heavy (non-hydrogen) atoms. The third-order valence-electron chi connectivity index (χ3n) is 4.56. The number of hydrogen-bond acceptors (Lipinski definition) is 3. The average molecular weight is 426 g/mol. The van der Waals surface area contributed by atoms with Crippen molar-refractivity contribution in [3.63, 3.8) is 0 Å². The molecule has 0 aliphatic carbocycles. The predicted octanol–water partition coefficient (Wildman–Crippen LogP) is 5.00. The fourth-order valence-electron chi connectivity index (χ4n) is 3.28. The molecule has 0 saturated heterocycles. The van der Waals surface area contributed by atoms with Gasteiger partial charge in [-0.25, -0.2) is 4.79 Å². The van der Waals surface area contributed by atoms with Crippen molar-refractivity contribution in [1.82, 2.24) is 4.98 Å². The molecule has 2 aromatic carbocycles. The quantitative estimate of drug-likeness (QED) is 0.461. The lowest BCUT2D eigenvalue weighted by Gasteiger charge is -2.10. The van der Waals surface area contributed by atoms with Gasteiger partial charge < -0.3 is 9.72 Å². The lowest BCUT2D eigenvalue weighted by molar-refractivity contribution is 0.0597. The molecule has 4 nitrogen and oxygen atoms in total. The van der Waals surface area contributed by atoms with E-state index in [2.05, 4.69) is 20.9 Å². The number of aryl methyl sites for hydroxylation is 2. The maximum absolute atomic E-state index is 13.4. The van der Waals surface area contributed by atoms with Gasteiger partial charge in [-0.05, 0) is 43.5 Å². The van der Waals surface area contributed by atoms with Crippen LogP contribution in [-0.4, -0.2) is 23.8 Å². The van der Waals surface area contributed by atoms with Gasteiger partial charge in [0.1, 0.15) is 0 Å². The number of nitrogens with one attached hydrogen (secondary N) is 1. The van der Waals surface area contributed by atoms with Gasteiger partial charge in [0.05, 0.1) is 18.2 Å². The van der Waals surface area contributed by atoms with Crippen molar-refractivity contribution in [3.05, 3.63) is 92.2 Å². The van der Waals surface area contributed by atoms with E-state index in [1.165, 1.54) is 7.11 Å². The molecule has 1 heterocycles. The molecular weight excluding hydrogens is 406 g/mol. The lowest BCUT2D eigenvalue weighted by Crippen LogP contribution is -2.13. The summed E-state index contributed by atoms with van der Waals surface area (Å²) in [4.78, 5) is 28.7. The van der Waals surface area contributed by atoms with Gasteiger partial charge in [0, 0.05) is 21.4 Å². The summed E-state index contributed by atoms with van der Waals surface area (Å²) in [6, 6.07) is 15.5. The van der Waals surface area contributed by atoms with E-state index in [9.17, 15) is 9.59 Å². The Morgan fingerprint density at radius 2 is 1.59 bits per heavy atom. The van der Waals surface area contributed by atoms with Gasteiger partial charge in [0.2, 0.25) is 0 Å². The van der Waals surface area contributed by atoms with E-state index >= 15 is 0 Å². The van der Waals surface area contributed by atoms with Crippen LogP contribution in [0.25, 0.3) is 0 Å². The van der Waals surface area contributed by atoms with Crippen LogP contribution in [0.15, 0.2) is 53.0 Å². The van der Waals surface area contributed by atoms with Crippen molar-refractivity contribution in [1.29, 1.82) is 0 Å². The number of ether oxygens (including phenoxy) is 1. The molecule has 0 aliphatic heterocycles. The second-order valence-corrected chi connectivity index (χ2v) is 7.32. The number of esters is 1. The molecule has 3 aromatic rings. The summed E-state index contributed by atoms with van der Waals surface area (Å²) < 4.78 is 5.89. The summed E-state index contributed by atoms with van der Waals surface area (Å²) in [6.45, 7) is 3.56. The molecule has 0 amide bonds. The summed E-state index contributed by atoms with van der Waals surface area (Å²) in [5.41, 5.74) is 4.59. The van der Waals surface area contributed by atoms with Crippen molar-refractivity contribution < 1.29 is 14.3 Å². The van der Waals surface area contributed by atoms with Gasteiger partial charge >= 0.3 is 5.97 Å². The Morgan fingerprint density at radius 1 is 0.963 bits per heavy atom. The first-order chi connectivity index (χ1) is 12.9. The van der Waals surface area contributed by atoms with Gasteiger partial charge in [-0.2, -0.15) is 0 Å². The number of H-pyrrole nitrogens is 1. The minimum absolute atomic E-state index is 0.176. The molecule has 0 atom stereocenters. The fraction of sp³-hybridized carbons (Fsp3) is 0.182. The zero-order valence-corrected chi connectivity index (χ0v) is 17.0. The van der Waals surface area contributed by atoms with Crippen LogP contribution in [0, 0.1) is 13.8 Å². The minimum Gasteiger partial charge on any atom is -0.465 e. The van der Waals surface area contributed by atoms with Crippen molar-refractivity contribution in [2.75, 3.05) is 7.11 Å². The maximum atomic E-state index is 13.4. The van der Waals surface area contributed by atoms with Crippen molar-refractivity contribution in [3.8, 4) is 0 Å². The molecule has 0 radical (unpaired) electrons. The van der Waals surface area contributed by atoms with Crippen LogP contribution in [0.1, 0.15) is 48.8 Å². The summed E-state index contributed by atoms with van der Waals surface area (Å²) in [5, 5.41) is 0. The Labute approximate surface area is 166 Å². The largest absolute Gasteiger partial charge is 0.465 e. The number of halogens is 1. The number of carbonyl (C=O) groups is 2. The smallest absolute Gasteiger partial charge is 0.340 e. The molecule has 0 fully saturated rings. The number of hydrogen-bond donors (Lipinski definition) is 1. The molecule has 1 aromatic heterocycles. The molecular formula is C22H20BrNO3. The Bertz CT molecular complexity index is 1000. The molecule has 138 valence electrons. The Kier molecular flexibility index (Phi) is 5.61. The number of aromatic nitrogens is 1. The number of benzene rings is 2. The van der Waals surface area contributed by atoms with E-state index in [1.807, 2.05) is 42.5 Å². The minimum atomic E-state index is -0.509. The molecule has 5 heteroatoms. The predicted molar refractivity (Wildman–Crippen MR) is 108 cm³/mol. The topological polar surface area (TPSA) is 59.2 Å². The first kappa shape index (κ1) is 19.1. The zero-order chi connectivity index (χ0) is 19.6. The third-order valence-corrected chi connectivity index (χ3v) is 5.09. The van der Waals surface area contributed by atoms with Crippen LogP contribution < -0.4 is 0 Å². The first-order valence-electron chi connectivity index (χ1n) is 8.57. The molecule has 0 aliphatic rings. The number of ketones is 1. The van der Waals surface area contributed by atoms with Crippen LogP contribution in [0.3, 0.4) is 0 Å². The second kappa shape index (κ2) is 7.92. The maximum Gasteiger partial charge on any atom is 0.340 e. The zero-order valence-electron chi connectivity index (χ0n) is 15.4. The number of carbonyl (C=O) groups excluding carboxylic acids is 2. The van der Waals surface area contributed by atoms with E-state index in [1.54, 1.807) is 19.9 Å². The highest BCUT2D eigenvalue weighted by Crippen LogP contribution is 2.25. The normalized spacial score (nSPS) is 10.7. The molecule has 1 N–H and O–H groups in total. The number of aromatic amines is 1. The third kappa shape index (κ3) is 3.88. The SMILES string of the molecule is COC(=O)c1c(C)[nH]c(C)c1C(=O)c1ccccc1Cc1ccc(Br)cc1. The van der Waals surface area contributed by atoms with Gasteiger partial charge in [0.15, 0.2) is 5.78 Å². The monoisotopic (exact) mass is 425 g/mol. The van der Waals surface area contributed by atoms with Crippen molar-refractivity contribution in [2.45, 2.75) is 20.3 Å². The van der Waals surface area contributed by atoms with Crippen LogP contribution in [0.2, 0.25) is 0 Å². The number of rotatable bonds is 5. The van der Waals surface area contributed by atoms with Gasteiger partial charge in [0.25, 0.3) is 0 Å². The average Bonchev–Trinajstić information content (AvgIpc) is 2.96. The van der Waals surface area contributed by atoms with Crippen LogP contribution in [0.4, 0.5) is 0 Å². The fourth-order valence-corrected chi connectivity index (χ4v) is 3.54. The van der Waals surface area contributed by atoms with E-state index < -0.39 is 5.97 Å². The summed E-state index contributed by atoms with van der Waals surface area (Å²) in [7, 11) is 1.32. The van der Waals surface area contributed by atoms with E-state index in [0.29, 0.717) is 34.5 Å². The highest BCUT2D eigenvalue weighted by molar-refractivity contribution is 9.10. The Balaban J connectivity index is 2.04. The molecule has 0 spiro atoms. The molecule has 0 unspecified atom stereocenters. The van der Waals surface area contributed by atoms with Crippen molar-refractivity contribution >= 4 is 27.7 Å². The van der Waals surface area contributed by atoms with Crippen LogP contribution in [-0.2, 0) is 11.2 Å². The Hall–Kier alpha value is -2.66. The Morgan fingerprint density at radius 3 is 2.26 bits per heavy atom. The standard InChI is InChI=1S/C22H20BrNO3/c1-13-19(20(14(2)24-13)22(26)27-3)21(25)18-7-5-4-6-16(18)12-15-8-10-17(23)11-9-15/h4-11,24H,12H2,1-3H3. The van der Waals surface area contributed by atoms with E-state index in [0.717, 1.165) is 15.6 Å². The summed E-state index contributed by atoms with van der Waals surface area (Å²) in [5.74, 6) is -0.685. The van der Waals surface area contributed by atoms with Crippen LogP contribution in [0.5, 0.6) is 0 Å². The highest BCUT2D eigenvalue weighted by atomic mass is 79.9. The lowest BCUT2D eigenvalue weighted by atomic mass is 9.92. The molecule has 0 saturated carbocycles. The summed E-state index contributed by atoms with van der Waals surface area (Å²) in [6.07, 6.45) is 0.630. The van der Waals surface area contributed by atoms with E-state index in [4.69, 9.17) is 4.74 Å². The molecule has 0 bridgehead atoms. The number of methoxy groups -OCH3 is 1. The van der Waals surface area contributed by atoms with Crippen molar-refractivity contribution in [2.24, 2.45) is 0 Å². The molecule has 3 rings (SSSR count). The second-order valence-electron chi connectivity index (χ2n) is 6.41. The van der Waals surface area contributed by atoms with Crippen LogP contribution >= 0.6 is 15.9 Å². The van der Waals surface area contributed by atoms with E-state index in [-0.39, 0.29) is 5.78 Å². The van der Waals surface area contributed by atoms with Gasteiger partial charge in [-0.1, -0.05) is 52.3 Å². The van der Waals surface area contributed by atoms with Gasteiger partial charge in [-0.15, -0.1) is 0 Å². The highest BCUT2D eigenvalue weighted by Gasteiger charge is 2.26. The summed E-state index contributed by atoms with van der Waals surface area (Å²) >= 11 is 3.44. The van der Waals surface area contributed by atoms with Gasteiger partial charge in [-0.3, -0.25) is 4.79 Å².